The van der Waals surface area contributed by atoms with Crippen LogP contribution in [-0.2, 0) is 11.2 Å². The molecule has 1 unspecified atom stereocenters. The summed E-state index contributed by atoms with van der Waals surface area (Å²) in [7, 11) is 0. The monoisotopic (exact) mass is 350 g/mol. The number of likely N-dealkylation sites (tertiary alicyclic amines) is 1. The number of carbonyl (C=O) groups is 1. The molecular formula is C23H30N2O. The first kappa shape index (κ1) is 18.8. The lowest BCUT2D eigenvalue weighted by molar-refractivity contribution is -0.117. The van der Waals surface area contributed by atoms with Gasteiger partial charge in [0.1, 0.15) is 5.78 Å². The summed E-state index contributed by atoms with van der Waals surface area (Å²) in [6.45, 7) is 3.72. The van der Waals surface area contributed by atoms with Crippen molar-refractivity contribution in [1.29, 1.82) is 0 Å². The van der Waals surface area contributed by atoms with Crippen LogP contribution in [0.2, 0.25) is 0 Å². The van der Waals surface area contributed by atoms with Crippen LogP contribution < -0.4 is 5.73 Å². The molecule has 1 aliphatic rings. The fourth-order valence-electron chi connectivity index (χ4n) is 4.21. The van der Waals surface area contributed by atoms with E-state index >= 15 is 0 Å². The Morgan fingerprint density at radius 2 is 1.62 bits per heavy atom. The highest BCUT2D eigenvalue weighted by Crippen LogP contribution is 2.31. The molecule has 3 rings (SSSR count). The van der Waals surface area contributed by atoms with Crippen molar-refractivity contribution in [2.24, 2.45) is 11.7 Å². The van der Waals surface area contributed by atoms with Gasteiger partial charge in [-0.1, -0.05) is 60.7 Å². The average Bonchev–Trinajstić information content (AvgIpc) is 2.64. The van der Waals surface area contributed by atoms with Crippen molar-refractivity contribution >= 4 is 5.78 Å². The topological polar surface area (TPSA) is 46.3 Å². The smallest absolute Gasteiger partial charge is 0.131 e. The van der Waals surface area contributed by atoms with Crippen LogP contribution in [0.15, 0.2) is 60.7 Å². The second-order valence-corrected chi connectivity index (χ2v) is 7.59. The van der Waals surface area contributed by atoms with Crippen molar-refractivity contribution in [3.63, 3.8) is 0 Å². The average molecular weight is 351 g/mol. The number of hydrogen-bond acceptors (Lipinski definition) is 3. The van der Waals surface area contributed by atoms with Gasteiger partial charge in [-0.2, -0.15) is 0 Å². The molecule has 0 aromatic heterocycles. The van der Waals surface area contributed by atoms with Crippen LogP contribution in [0.1, 0.15) is 43.4 Å². The number of benzene rings is 2. The number of rotatable bonds is 7. The number of Topliss-reactive ketones (excluding diaryl/α,β-unsaturated/α-hetero) is 1. The predicted molar refractivity (Wildman–Crippen MR) is 107 cm³/mol. The van der Waals surface area contributed by atoms with Crippen LogP contribution in [0.4, 0.5) is 0 Å². The van der Waals surface area contributed by atoms with E-state index in [0.717, 1.165) is 25.4 Å². The number of nitrogens with two attached hydrogens (primary N) is 1. The van der Waals surface area contributed by atoms with Gasteiger partial charge in [-0.25, -0.2) is 0 Å². The number of nitrogens with zero attached hydrogens (tertiary/aromatic N) is 1. The van der Waals surface area contributed by atoms with E-state index in [4.69, 9.17) is 5.73 Å². The maximum absolute atomic E-state index is 11.6. The molecule has 1 heterocycles. The van der Waals surface area contributed by atoms with Crippen molar-refractivity contribution in [3.05, 3.63) is 71.8 Å². The van der Waals surface area contributed by atoms with Crippen molar-refractivity contribution in [3.8, 4) is 0 Å². The minimum absolute atomic E-state index is 0.123. The summed E-state index contributed by atoms with van der Waals surface area (Å²) in [5.74, 6) is 0.895. The summed E-state index contributed by atoms with van der Waals surface area (Å²) >= 11 is 0. The van der Waals surface area contributed by atoms with Gasteiger partial charge < -0.3 is 5.73 Å². The Hall–Kier alpha value is -1.97. The third-order valence-electron chi connectivity index (χ3n) is 5.48. The first-order valence-electron chi connectivity index (χ1n) is 9.71. The van der Waals surface area contributed by atoms with Crippen molar-refractivity contribution in [1.82, 2.24) is 4.90 Å². The van der Waals surface area contributed by atoms with E-state index in [1.165, 1.54) is 24.0 Å². The summed E-state index contributed by atoms with van der Waals surface area (Å²) in [4.78, 5) is 14.1. The number of piperidine rings is 1. The van der Waals surface area contributed by atoms with Gasteiger partial charge in [-0.05, 0) is 56.3 Å². The molecule has 138 valence electrons. The van der Waals surface area contributed by atoms with Gasteiger partial charge in [0.25, 0.3) is 0 Å². The Kier molecular flexibility index (Phi) is 6.59. The molecule has 0 saturated carbocycles. The lowest BCUT2D eigenvalue weighted by Crippen LogP contribution is -2.45. The van der Waals surface area contributed by atoms with Crippen molar-refractivity contribution in [2.75, 3.05) is 13.1 Å². The molecule has 0 radical (unpaired) electrons. The van der Waals surface area contributed by atoms with Crippen LogP contribution >= 0.6 is 0 Å². The van der Waals surface area contributed by atoms with E-state index in [0.29, 0.717) is 6.42 Å². The molecule has 2 aromatic rings. The molecular weight excluding hydrogens is 320 g/mol. The minimum atomic E-state index is -0.152. The Morgan fingerprint density at radius 3 is 2.19 bits per heavy atom. The standard InChI is InChI=1S/C23H30N2O/c1-18(26)16-22(24)23(21-10-6-3-7-11-21)25-14-12-20(13-15-25)17-19-8-4-2-5-9-19/h2-11,20,22-23H,12-17,24H2,1H3/t22-,23?/m0/s1. The molecule has 0 amide bonds. The van der Waals surface area contributed by atoms with E-state index < -0.39 is 0 Å². The van der Waals surface area contributed by atoms with Gasteiger partial charge in [0.15, 0.2) is 0 Å². The third kappa shape index (κ3) is 5.03. The quantitative estimate of drug-likeness (QED) is 0.821. The van der Waals surface area contributed by atoms with E-state index in [9.17, 15) is 4.79 Å². The summed E-state index contributed by atoms with van der Waals surface area (Å²) in [5, 5.41) is 0. The molecule has 2 atom stereocenters. The van der Waals surface area contributed by atoms with Crippen LogP contribution in [0, 0.1) is 5.92 Å². The summed E-state index contributed by atoms with van der Waals surface area (Å²) < 4.78 is 0. The SMILES string of the molecule is CC(=O)C[C@H](N)C(c1ccccc1)N1CCC(Cc2ccccc2)CC1. The Balaban J connectivity index is 1.66. The largest absolute Gasteiger partial charge is 0.326 e. The summed E-state index contributed by atoms with van der Waals surface area (Å²) in [6, 6.07) is 21.2. The molecule has 3 nitrogen and oxygen atoms in total. The summed E-state index contributed by atoms with van der Waals surface area (Å²) in [5.41, 5.74) is 9.13. The number of carbonyl (C=O) groups excluding carboxylic acids is 1. The van der Waals surface area contributed by atoms with Gasteiger partial charge in [0.05, 0.1) is 6.04 Å². The maximum atomic E-state index is 11.6. The van der Waals surface area contributed by atoms with Crippen LogP contribution in [0.25, 0.3) is 0 Å². The minimum Gasteiger partial charge on any atom is -0.326 e. The van der Waals surface area contributed by atoms with Crippen LogP contribution in [-0.4, -0.2) is 29.8 Å². The highest BCUT2D eigenvalue weighted by atomic mass is 16.1. The van der Waals surface area contributed by atoms with Crippen molar-refractivity contribution in [2.45, 2.75) is 44.7 Å². The highest BCUT2D eigenvalue weighted by molar-refractivity contribution is 5.76. The molecule has 1 fully saturated rings. The van der Waals surface area contributed by atoms with Gasteiger partial charge in [0.2, 0.25) is 0 Å². The summed E-state index contributed by atoms with van der Waals surface area (Å²) in [6.07, 6.45) is 3.96. The lowest BCUT2D eigenvalue weighted by Gasteiger charge is -2.40. The zero-order valence-electron chi connectivity index (χ0n) is 15.7. The zero-order valence-corrected chi connectivity index (χ0v) is 15.7. The Labute approximate surface area is 157 Å². The number of hydrogen-bond donors (Lipinski definition) is 1. The molecule has 0 bridgehead atoms. The van der Waals surface area contributed by atoms with E-state index in [-0.39, 0.29) is 17.9 Å². The van der Waals surface area contributed by atoms with E-state index in [2.05, 4.69) is 59.5 Å². The van der Waals surface area contributed by atoms with Crippen LogP contribution in [0.5, 0.6) is 0 Å². The molecule has 1 saturated heterocycles. The number of ketones is 1. The fraction of sp³-hybridized carbons (Fsp3) is 0.435. The second kappa shape index (κ2) is 9.11. The van der Waals surface area contributed by atoms with Gasteiger partial charge in [-0.15, -0.1) is 0 Å². The molecule has 3 heteroatoms. The normalized spacial score (nSPS) is 18.4. The fourth-order valence-corrected chi connectivity index (χ4v) is 4.21. The van der Waals surface area contributed by atoms with E-state index in [1.54, 1.807) is 6.92 Å². The van der Waals surface area contributed by atoms with Gasteiger partial charge >= 0.3 is 0 Å². The predicted octanol–water partition coefficient (Wildman–Crippen LogP) is 3.99. The van der Waals surface area contributed by atoms with Crippen LogP contribution in [0.3, 0.4) is 0 Å². The Bertz CT molecular complexity index is 678. The first-order chi connectivity index (χ1) is 12.6. The molecule has 26 heavy (non-hydrogen) atoms. The molecule has 0 spiro atoms. The van der Waals surface area contributed by atoms with Crippen molar-refractivity contribution < 1.29 is 4.79 Å². The third-order valence-corrected chi connectivity index (χ3v) is 5.48. The van der Waals surface area contributed by atoms with Gasteiger partial charge in [-0.3, -0.25) is 9.69 Å². The maximum Gasteiger partial charge on any atom is 0.131 e. The first-order valence-corrected chi connectivity index (χ1v) is 9.71. The molecule has 1 aliphatic heterocycles. The zero-order chi connectivity index (χ0) is 18.4. The second-order valence-electron chi connectivity index (χ2n) is 7.59. The lowest BCUT2D eigenvalue weighted by atomic mass is 9.87. The Morgan fingerprint density at radius 1 is 1.04 bits per heavy atom. The molecule has 2 N–H and O–H groups in total. The highest BCUT2D eigenvalue weighted by Gasteiger charge is 2.30. The molecule has 0 aliphatic carbocycles. The van der Waals surface area contributed by atoms with E-state index in [1.807, 2.05) is 6.07 Å². The van der Waals surface area contributed by atoms with Gasteiger partial charge in [0, 0.05) is 12.5 Å². The molecule has 2 aromatic carbocycles.